The molecule has 5 aromatic rings. The second-order valence-electron chi connectivity index (χ2n) is 6.78. The summed E-state index contributed by atoms with van der Waals surface area (Å²) in [5.74, 6) is -0.235. The Morgan fingerprint density at radius 3 is 2.75 bits per heavy atom. The van der Waals surface area contributed by atoms with E-state index in [9.17, 15) is 8.78 Å². The lowest BCUT2D eigenvalue weighted by Gasteiger charge is -2.16. The van der Waals surface area contributed by atoms with Gasteiger partial charge in [-0.2, -0.15) is 18.6 Å². The van der Waals surface area contributed by atoms with Crippen LogP contribution < -0.4 is 10.5 Å². The number of anilines is 1. The van der Waals surface area contributed by atoms with E-state index in [1.54, 1.807) is 13.1 Å². The molecule has 0 aliphatic carbocycles. The van der Waals surface area contributed by atoms with Crippen LogP contribution in [-0.4, -0.2) is 39.3 Å². The van der Waals surface area contributed by atoms with Crippen LogP contribution in [0.25, 0.3) is 27.7 Å². The molecular formula is C19H14F3N9O. The highest BCUT2D eigenvalue weighted by Crippen LogP contribution is 2.36. The first-order valence-corrected chi connectivity index (χ1v) is 9.31. The van der Waals surface area contributed by atoms with E-state index in [1.165, 1.54) is 35.4 Å². The number of fused-ring (bicyclic) bond motifs is 2. The molecule has 13 heteroatoms. The van der Waals surface area contributed by atoms with Crippen molar-refractivity contribution in [1.29, 1.82) is 0 Å². The van der Waals surface area contributed by atoms with Crippen molar-refractivity contribution in [3.05, 3.63) is 55.0 Å². The van der Waals surface area contributed by atoms with Gasteiger partial charge in [-0.25, -0.2) is 28.8 Å². The standard InChI is InChI=1S/C19H14F3N9O/c1-9(18-27-8-31(29-18)19(21)22)32-12-6-24-15(16-13(12)17(23)26-7-25-16)10-3-5-30-11(14(10)20)2-4-28-30/h2-9,19H,1H3,(H2,23,25,26). The summed E-state index contributed by atoms with van der Waals surface area (Å²) >= 11 is 0. The summed E-state index contributed by atoms with van der Waals surface area (Å²) in [4.78, 5) is 16.4. The predicted octanol–water partition coefficient (Wildman–Crippen LogP) is 3.19. The van der Waals surface area contributed by atoms with Gasteiger partial charge in [-0.1, -0.05) is 0 Å². The van der Waals surface area contributed by atoms with Crippen LogP contribution in [0.15, 0.2) is 43.4 Å². The van der Waals surface area contributed by atoms with Crippen molar-refractivity contribution in [2.75, 3.05) is 5.73 Å². The molecule has 0 bridgehead atoms. The molecule has 1 unspecified atom stereocenters. The lowest BCUT2D eigenvalue weighted by molar-refractivity contribution is 0.0550. The maximum Gasteiger partial charge on any atom is 0.334 e. The van der Waals surface area contributed by atoms with Crippen molar-refractivity contribution >= 4 is 22.2 Å². The maximum atomic E-state index is 15.1. The first-order valence-electron chi connectivity index (χ1n) is 9.31. The van der Waals surface area contributed by atoms with Crippen LogP contribution in [0.5, 0.6) is 5.75 Å². The Morgan fingerprint density at radius 1 is 1.12 bits per heavy atom. The zero-order chi connectivity index (χ0) is 22.4. The van der Waals surface area contributed by atoms with Gasteiger partial charge in [0.15, 0.2) is 23.5 Å². The Balaban J connectivity index is 1.60. The fourth-order valence-electron chi connectivity index (χ4n) is 3.31. The monoisotopic (exact) mass is 441 g/mol. The highest BCUT2D eigenvalue weighted by atomic mass is 19.3. The van der Waals surface area contributed by atoms with Gasteiger partial charge < -0.3 is 10.5 Å². The fourth-order valence-corrected chi connectivity index (χ4v) is 3.31. The second kappa shape index (κ2) is 7.44. The highest BCUT2D eigenvalue weighted by molar-refractivity contribution is 6.00. The third-order valence-electron chi connectivity index (χ3n) is 4.82. The van der Waals surface area contributed by atoms with Gasteiger partial charge in [-0.3, -0.25) is 0 Å². The number of nitrogens with zero attached hydrogens (tertiary/aromatic N) is 8. The van der Waals surface area contributed by atoms with Gasteiger partial charge in [0, 0.05) is 11.8 Å². The van der Waals surface area contributed by atoms with E-state index < -0.39 is 18.5 Å². The molecule has 5 rings (SSSR count). The van der Waals surface area contributed by atoms with Gasteiger partial charge in [-0.15, -0.1) is 5.10 Å². The molecule has 0 fully saturated rings. The average Bonchev–Trinajstić information content (AvgIpc) is 3.45. The van der Waals surface area contributed by atoms with Crippen molar-refractivity contribution in [3.8, 4) is 17.0 Å². The molecule has 0 saturated heterocycles. The molecule has 1 atom stereocenters. The molecule has 0 saturated carbocycles. The van der Waals surface area contributed by atoms with Crippen LogP contribution in [0, 0.1) is 5.82 Å². The van der Waals surface area contributed by atoms with Gasteiger partial charge >= 0.3 is 6.55 Å². The van der Waals surface area contributed by atoms with Crippen LogP contribution in [0.4, 0.5) is 19.0 Å². The van der Waals surface area contributed by atoms with Gasteiger partial charge in [0.05, 0.1) is 17.8 Å². The smallest absolute Gasteiger partial charge is 0.334 e. The van der Waals surface area contributed by atoms with E-state index in [2.05, 4.69) is 30.1 Å². The number of rotatable bonds is 5. The molecule has 10 nitrogen and oxygen atoms in total. The minimum atomic E-state index is -2.82. The van der Waals surface area contributed by atoms with Gasteiger partial charge in [0.2, 0.25) is 0 Å². The van der Waals surface area contributed by atoms with Crippen molar-refractivity contribution in [2.45, 2.75) is 19.6 Å². The van der Waals surface area contributed by atoms with E-state index in [0.717, 1.165) is 6.33 Å². The molecule has 2 N–H and O–H groups in total. The Hall–Kier alpha value is -4.29. The third kappa shape index (κ3) is 3.14. The van der Waals surface area contributed by atoms with Crippen LogP contribution in [0.1, 0.15) is 25.4 Å². The molecule has 0 aliphatic heterocycles. The van der Waals surface area contributed by atoms with E-state index in [4.69, 9.17) is 10.5 Å². The molecule has 0 aliphatic rings. The summed E-state index contributed by atoms with van der Waals surface area (Å²) in [5.41, 5.74) is 7.03. The molecule has 0 radical (unpaired) electrons. The number of hydrogen-bond donors (Lipinski definition) is 1. The van der Waals surface area contributed by atoms with Crippen LogP contribution >= 0.6 is 0 Å². The topological polar surface area (TPSA) is 122 Å². The Labute approximate surface area is 177 Å². The molecule has 0 spiro atoms. The number of alkyl halides is 2. The van der Waals surface area contributed by atoms with Crippen LogP contribution in [0.3, 0.4) is 0 Å². The summed E-state index contributed by atoms with van der Waals surface area (Å²) in [5, 5.41) is 8.00. The molecule has 32 heavy (non-hydrogen) atoms. The fraction of sp³-hybridized carbons (Fsp3) is 0.158. The number of nitrogen functional groups attached to an aromatic ring is 1. The Kier molecular flexibility index (Phi) is 4.57. The molecule has 5 aromatic heterocycles. The first-order chi connectivity index (χ1) is 15.4. The number of halogens is 3. The second-order valence-corrected chi connectivity index (χ2v) is 6.78. The van der Waals surface area contributed by atoms with E-state index in [-0.39, 0.29) is 39.7 Å². The third-order valence-corrected chi connectivity index (χ3v) is 4.82. The van der Waals surface area contributed by atoms with E-state index in [1.807, 2.05) is 0 Å². The summed E-state index contributed by atoms with van der Waals surface area (Å²) in [6.07, 6.45) is 5.76. The first kappa shape index (κ1) is 19.7. The zero-order valence-electron chi connectivity index (χ0n) is 16.4. The molecule has 0 amide bonds. The van der Waals surface area contributed by atoms with E-state index in [0.29, 0.717) is 10.1 Å². The van der Waals surface area contributed by atoms with Crippen molar-refractivity contribution in [2.24, 2.45) is 0 Å². The number of hydrogen-bond acceptors (Lipinski definition) is 8. The largest absolute Gasteiger partial charge is 0.480 e. The number of pyridine rings is 2. The summed E-state index contributed by atoms with van der Waals surface area (Å²) < 4.78 is 48.4. The van der Waals surface area contributed by atoms with Crippen molar-refractivity contribution < 1.29 is 17.9 Å². The van der Waals surface area contributed by atoms with Gasteiger partial charge in [0.1, 0.15) is 35.2 Å². The highest BCUT2D eigenvalue weighted by Gasteiger charge is 2.22. The molecular weight excluding hydrogens is 427 g/mol. The summed E-state index contributed by atoms with van der Waals surface area (Å²) in [6.45, 7) is -1.24. The molecule has 162 valence electrons. The van der Waals surface area contributed by atoms with E-state index >= 15 is 4.39 Å². The average molecular weight is 441 g/mol. The summed E-state index contributed by atoms with van der Waals surface area (Å²) in [6, 6.07) is 3.06. The van der Waals surface area contributed by atoms with Crippen LogP contribution in [0.2, 0.25) is 0 Å². The minimum absolute atomic E-state index is 0.0372. The Morgan fingerprint density at radius 2 is 1.97 bits per heavy atom. The van der Waals surface area contributed by atoms with Crippen molar-refractivity contribution in [1.82, 2.24) is 39.3 Å². The number of ether oxygens (including phenoxy) is 1. The zero-order valence-corrected chi connectivity index (χ0v) is 16.4. The molecule has 0 aromatic carbocycles. The molecule has 5 heterocycles. The van der Waals surface area contributed by atoms with Crippen molar-refractivity contribution in [3.63, 3.8) is 0 Å². The minimum Gasteiger partial charge on any atom is -0.480 e. The SMILES string of the molecule is CC(Oc1cnc(-c2ccn3nccc3c2F)c2ncnc(N)c12)c1ncn(C(F)F)n1. The quantitative estimate of drug-likeness (QED) is 0.441. The lowest BCUT2D eigenvalue weighted by atomic mass is 10.1. The van der Waals surface area contributed by atoms with Gasteiger partial charge in [-0.05, 0) is 19.1 Å². The number of aromatic nitrogens is 8. The maximum absolute atomic E-state index is 15.1. The normalized spacial score (nSPS) is 12.7. The van der Waals surface area contributed by atoms with Crippen LogP contribution in [-0.2, 0) is 0 Å². The lowest BCUT2D eigenvalue weighted by Crippen LogP contribution is -2.09. The summed E-state index contributed by atoms with van der Waals surface area (Å²) in [7, 11) is 0. The number of nitrogens with two attached hydrogens (primary N) is 1. The van der Waals surface area contributed by atoms with Gasteiger partial charge in [0.25, 0.3) is 0 Å². The predicted molar refractivity (Wildman–Crippen MR) is 106 cm³/mol. The Bertz CT molecular complexity index is 1450.